The molecule has 0 fully saturated rings. The van der Waals surface area contributed by atoms with Gasteiger partial charge in [-0.15, -0.1) is 0 Å². The lowest BCUT2D eigenvalue weighted by molar-refractivity contribution is -0.111. The highest BCUT2D eigenvalue weighted by Crippen LogP contribution is 2.28. The van der Waals surface area contributed by atoms with E-state index >= 15 is 0 Å². The van der Waals surface area contributed by atoms with E-state index in [0.29, 0.717) is 18.1 Å². The van der Waals surface area contributed by atoms with Crippen molar-refractivity contribution in [1.29, 1.82) is 0 Å². The van der Waals surface area contributed by atoms with E-state index in [4.69, 9.17) is 9.47 Å². The van der Waals surface area contributed by atoms with Crippen LogP contribution in [0.5, 0.6) is 11.5 Å². The number of hydrogen-bond donors (Lipinski definition) is 1. The van der Waals surface area contributed by atoms with E-state index in [0.717, 1.165) is 17.7 Å². The highest BCUT2D eigenvalue weighted by Gasteiger charge is 2.04. The van der Waals surface area contributed by atoms with E-state index in [1.165, 1.54) is 11.6 Å². The van der Waals surface area contributed by atoms with E-state index in [-0.39, 0.29) is 5.91 Å². The summed E-state index contributed by atoms with van der Waals surface area (Å²) in [6.07, 6.45) is 4.20. The van der Waals surface area contributed by atoms with Crippen LogP contribution in [0.4, 0.5) is 5.69 Å². The molecule has 1 amide bonds. The van der Waals surface area contributed by atoms with Crippen LogP contribution in [0.25, 0.3) is 6.08 Å². The second-order valence-electron chi connectivity index (χ2n) is 5.22. The largest absolute Gasteiger partial charge is 0.493 e. The molecule has 0 saturated carbocycles. The van der Waals surface area contributed by atoms with Gasteiger partial charge in [0.15, 0.2) is 11.5 Å². The van der Waals surface area contributed by atoms with Gasteiger partial charge in [-0.05, 0) is 54.8 Å². The van der Waals surface area contributed by atoms with E-state index in [9.17, 15) is 4.79 Å². The lowest BCUT2D eigenvalue weighted by Gasteiger charge is -2.09. The summed E-state index contributed by atoms with van der Waals surface area (Å²) in [7, 11) is 1.60. The van der Waals surface area contributed by atoms with Crippen molar-refractivity contribution in [2.45, 2.75) is 20.3 Å². The van der Waals surface area contributed by atoms with Crippen molar-refractivity contribution in [1.82, 2.24) is 0 Å². The summed E-state index contributed by atoms with van der Waals surface area (Å²) in [5, 5.41) is 2.87. The van der Waals surface area contributed by atoms with Crippen LogP contribution >= 0.6 is 0 Å². The quantitative estimate of drug-likeness (QED) is 0.772. The molecule has 126 valence electrons. The van der Waals surface area contributed by atoms with Crippen molar-refractivity contribution in [3.63, 3.8) is 0 Å². The summed E-state index contributed by atoms with van der Waals surface area (Å²) in [6, 6.07) is 13.4. The predicted octanol–water partition coefficient (Wildman–Crippen LogP) is 4.31. The molecule has 0 unspecified atom stereocenters. The molecule has 0 saturated heterocycles. The Morgan fingerprint density at radius 1 is 1.12 bits per heavy atom. The van der Waals surface area contributed by atoms with E-state index in [2.05, 4.69) is 12.2 Å². The number of aryl methyl sites for hydroxylation is 1. The molecule has 0 aromatic heterocycles. The predicted molar refractivity (Wildman–Crippen MR) is 97.6 cm³/mol. The zero-order valence-corrected chi connectivity index (χ0v) is 14.3. The SMILES string of the molecule is CCOc1cc(/C=C/C(=O)Nc2cccc(CC)c2)ccc1OC. The Balaban J connectivity index is 2.06. The Kier molecular flexibility index (Phi) is 6.43. The van der Waals surface area contributed by atoms with Crippen LogP contribution in [0, 0.1) is 0 Å². The number of amides is 1. The number of benzene rings is 2. The van der Waals surface area contributed by atoms with Gasteiger partial charge in [0.2, 0.25) is 5.91 Å². The van der Waals surface area contributed by atoms with Crippen molar-refractivity contribution >= 4 is 17.7 Å². The van der Waals surface area contributed by atoms with Crippen LogP contribution in [0.2, 0.25) is 0 Å². The number of anilines is 1. The van der Waals surface area contributed by atoms with E-state index in [1.54, 1.807) is 13.2 Å². The zero-order valence-electron chi connectivity index (χ0n) is 14.3. The fourth-order valence-electron chi connectivity index (χ4n) is 2.29. The molecule has 4 nitrogen and oxygen atoms in total. The Morgan fingerprint density at radius 3 is 2.67 bits per heavy atom. The minimum absolute atomic E-state index is 0.169. The first-order chi connectivity index (χ1) is 11.7. The van der Waals surface area contributed by atoms with Crippen molar-refractivity contribution in [2.24, 2.45) is 0 Å². The van der Waals surface area contributed by atoms with Crippen molar-refractivity contribution in [2.75, 3.05) is 19.0 Å². The molecule has 1 N–H and O–H groups in total. The highest BCUT2D eigenvalue weighted by molar-refractivity contribution is 6.02. The average molecular weight is 325 g/mol. The van der Waals surface area contributed by atoms with Crippen molar-refractivity contribution in [3.05, 3.63) is 59.7 Å². The van der Waals surface area contributed by atoms with Crippen LogP contribution in [0.15, 0.2) is 48.5 Å². The van der Waals surface area contributed by atoms with Gasteiger partial charge in [-0.1, -0.05) is 25.1 Å². The van der Waals surface area contributed by atoms with Gasteiger partial charge in [0.05, 0.1) is 13.7 Å². The summed E-state index contributed by atoms with van der Waals surface area (Å²) in [5.41, 5.74) is 2.86. The zero-order chi connectivity index (χ0) is 17.4. The Bertz CT molecular complexity index is 723. The normalized spacial score (nSPS) is 10.6. The van der Waals surface area contributed by atoms with Crippen molar-refractivity contribution in [3.8, 4) is 11.5 Å². The van der Waals surface area contributed by atoms with Gasteiger partial charge in [0.25, 0.3) is 0 Å². The fraction of sp³-hybridized carbons (Fsp3) is 0.250. The van der Waals surface area contributed by atoms with Crippen LogP contribution in [0.3, 0.4) is 0 Å². The molecule has 0 aliphatic heterocycles. The number of carbonyl (C=O) groups is 1. The molecule has 4 heteroatoms. The first kappa shape index (κ1) is 17.6. The lowest BCUT2D eigenvalue weighted by Crippen LogP contribution is -2.07. The Hall–Kier alpha value is -2.75. The smallest absolute Gasteiger partial charge is 0.248 e. The number of hydrogen-bond acceptors (Lipinski definition) is 3. The number of ether oxygens (including phenoxy) is 2. The summed E-state index contributed by atoms with van der Waals surface area (Å²) in [5.74, 6) is 1.17. The maximum atomic E-state index is 12.1. The molecular weight excluding hydrogens is 302 g/mol. The summed E-state index contributed by atoms with van der Waals surface area (Å²) >= 11 is 0. The summed E-state index contributed by atoms with van der Waals surface area (Å²) in [6.45, 7) is 4.55. The van der Waals surface area contributed by atoms with Crippen LogP contribution < -0.4 is 14.8 Å². The third kappa shape index (κ3) is 4.88. The van der Waals surface area contributed by atoms with Crippen LogP contribution in [-0.4, -0.2) is 19.6 Å². The first-order valence-corrected chi connectivity index (χ1v) is 8.05. The molecule has 24 heavy (non-hydrogen) atoms. The maximum absolute atomic E-state index is 12.1. The fourth-order valence-corrected chi connectivity index (χ4v) is 2.29. The maximum Gasteiger partial charge on any atom is 0.248 e. The first-order valence-electron chi connectivity index (χ1n) is 8.05. The van der Waals surface area contributed by atoms with Gasteiger partial charge in [0.1, 0.15) is 0 Å². The second-order valence-corrected chi connectivity index (χ2v) is 5.22. The average Bonchev–Trinajstić information content (AvgIpc) is 2.60. The Labute approximate surface area is 143 Å². The molecule has 0 heterocycles. The lowest BCUT2D eigenvalue weighted by atomic mass is 10.1. The van der Waals surface area contributed by atoms with Gasteiger partial charge in [-0.25, -0.2) is 0 Å². The van der Waals surface area contributed by atoms with Gasteiger partial charge in [-0.3, -0.25) is 4.79 Å². The Morgan fingerprint density at radius 2 is 1.96 bits per heavy atom. The molecule has 0 spiro atoms. The second kappa shape index (κ2) is 8.77. The summed E-state index contributed by atoms with van der Waals surface area (Å²) < 4.78 is 10.8. The van der Waals surface area contributed by atoms with Gasteiger partial charge in [-0.2, -0.15) is 0 Å². The minimum atomic E-state index is -0.169. The summed E-state index contributed by atoms with van der Waals surface area (Å²) in [4.78, 5) is 12.1. The number of rotatable bonds is 7. The number of nitrogens with one attached hydrogen (secondary N) is 1. The number of carbonyl (C=O) groups excluding carboxylic acids is 1. The molecule has 2 aromatic rings. The number of methoxy groups -OCH3 is 1. The monoisotopic (exact) mass is 325 g/mol. The molecule has 2 rings (SSSR count). The topological polar surface area (TPSA) is 47.6 Å². The molecule has 0 radical (unpaired) electrons. The van der Waals surface area contributed by atoms with Gasteiger partial charge in [0, 0.05) is 11.8 Å². The highest BCUT2D eigenvalue weighted by atomic mass is 16.5. The minimum Gasteiger partial charge on any atom is -0.493 e. The molecule has 2 aromatic carbocycles. The van der Waals surface area contributed by atoms with E-state index in [1.807, 2.05) is 49.4 Å². The van der Waals surface area contributed by atoms with Gasteiger partial charge < -0.3 is 14.8 Å². The molecule has 0 bridgehead atoms. The molecule has 0 aliphatic carbocycles. The third-order valence-electron chi connectivity index (χ3n) is 3.52. The van der Waals surface area contributed by atoms with Gasteiger partial charge >= 0.3 is 0 Å². The molecule has 0 atom stereocenters. The third-order valence-corrected chi connectivity index (χ3v) is 3.52. The van der Waals surface area contributed by atoms with Crippen molar-refractivity contribution < 1.29 is 14.3 Å². The standard InChI is InChI=1S/C20H23NO3/c1-4-15-7-6-8-17(13-15)21-20(22)12-10-16-9-11-18(23-3)19(14-16)24-5-2/h6-14H,4-5H2,1-3H3,(H,21,22)/b12-10+. The van der Waals surface area contributed by atoms with Crippen LogP contribution in [-0.2, 0) is 11.2 Å². The van der Waals surface area contributed by atoms with Crippen LogP contribution in [0.1, 0.15) is 25.0 Å². The molecule has 0 aliphatic rings. The molecular formula is C20H23NO3. The van der Waals surface area contributed by atoms with E-state index < -0.39 is 0 Å².